The van der Waals surface area contributed by atoms with Crippen LogP contribution in [0.15, 0.2) is 23.3 Å². The van der Waals surface area contributed by atoms with Crippen molar-refractivity contribution in [1.82, 2.24) is 0 Å². The molecule has 3 saturated carbocycles. The third-order valence-corrected chi connectivity index (χ3v) is 7.85. The zero-order valence-electron chi connectivity index (χ0n) is 13.9. The van der Waals surface area contributed by atoms with Gasteiger partial charge in [0, 0.05) is 11.5 Å². The van der Waals surface area contributed by atoms with Crippen molar-refractivity contribution in [2.24, 2.45) is 35.0 Å². The van der Waals surface area contributed by atoms with Gasteiger partial charge in [-0.05, 0) is 80.1 Å². The first-order valence-corrected chi connectivity index (χ1v) is 9.67. The van der Waals surface area contributed by atoms with E-state index in [2.05, 4.69) is 6.92 Å². The molecule has 0 bridgehead atoms. The lowest BCUT2D eigenvalue weighted by Gasteiger charge is -2.53. The van der Waals surface area contributed by atoms with Crippen molar-refractivity contribution in [3.05, 3.63) is 23.3 Å². The van der Waals surface area contributed by atoms with E-state index >= 15 is 0 Å². The molecule has 126 valence electrons. The van der Waals surface area contributed by atoms with Crippen LogP contribution in [0.25, 0.3) is 0 Å². The summed E-state index contributed by atoms with van der Waals surface area (Å²) in [7, 11) is 0. The Morgan fingerprint density at radius 3 is 2.87 bits per heavy atom. The van der Waals surface area contributed by atoms with Crippen LogP contribution in [0.2, 0.25) is 0 Å². The second kappa shape index (κ2) is 5.74. The Hall–Kier alpha value is -0.600. The van der Waals surface area contributed by atoms with E-state index in [-0.39, 0.29) is 23.2 Å². The summed E-state index contributed by atoms with van der Waals surface area (Å²) >= 11 is 5.74. The van der Waals surface area contributed by atoms with E-state index in [1.165, 1.54) is 30.4 Å². The normalized spacial score (nSPS) is 49.5. The number of carbonyl (C=O) groups is 1. The summed E-state index contributed by atoms with van der Waals surface area (Å²) in [5.74, 6) is 2.90. The number of aliphatic hydroxyl groups is 1. The fraction of sp³-hybridized carbons (Fsp3) is 0.750. The number of halogens is 1. The molecule has 0 aromatic heterocycles. The van der Waals surface area contributed by atoms with E-state index in [1.807, 2.05) is 12.2 Å². The Labute approximate surface area is 144 Å². The Kier molecular flexibility index (Phi) is 3.97. The van der Waals surface area contributed by atoms with Gasteiger partial charge in [0.25, 0.3) is 0 Å². The SMILES string of the molecule is C[C@]12CC[C@H]3[C@@H](CCC4=CC(=O)C(C=CCl)C[C@@H]43)[C@@H]1CCC2O. The first-order valence-electron chi connectivity index (χ1n) is 9.24. The van der Waals surface area contributed by atoms with E-state index in [4.69, 9.17) is 11.6 Å². The Bertz CT molecular complexity index is 566. The van der Waals surface area contributed by atoms with Gasteiger partial charge in [-0.25, -0.2) is 0 Å². The second-order valence-corrected chi connectivity index (χ2v) is 8.75. The molecule has 4 aliphatic carbocycles. The van der Waals surface area contributed by atoms with Crippen molar-refractivity contribution in [3.8, 4) is 0 Å². The zero-order chi connectivity index (χ0) is 16.2. The molecular formula is C20H27ClO2. The lowest BCUT2D eigenvalue weighted by atomic mass is 9.51. The zero-order valence-corrected chi connectivity index (χ0v) is 14.6. The Morgan fingerprint density at radius 1 is 1.26 bits per heavy atom. The van der Waals surface area contributed by atoms with Gasteiger partial charge in [-0.2, -0.15) is 0 Å². The summed E-state index contributed by atoms with van der Waals surface area (Å²) in [4.78, 5) is 12.3. The maximum Gasteiger partial charge on any atom is 0.162 e. The lowest BCUT2D eigenvalue weighted by molar-refractivity contribution is -0.119. The van der Waals surface area contributed by atoms with Crippen LogP contribution in [0.4, 0.5) is 0 Å². The van der Waals surface area contributed by atoms with Gasteiger partial charge in [-0.1, -0.05) is 30.2 Å². The van der Waals surface area contributed by atoms with Gasteiger partial charge in [0.2, 0.25) is 0 Å². The molecule has 0 radical (unpaired) electrons. The van der Waals surface area contributed by atoms with Crippen LogP contribution >= 0.6 is 11.6 Å². The van der Waals surface area contributed by atoms with Crippen LogP contribution < -0.4 is 0 Å². The van der Waals surface area contributed by atoms with Gasteiger partial charge >= 0.3 is 0 Å². The van der Waals surface area contributed by atoms with E-state index in [0.717, 1.165) is 31.6 Å². The van der Waals surface area contributed by atoms with Crippen LogP contribution in [0.1, 0.15) is 51.9 Å². The standard InChI is InChI=1S/C20H27ClO2/c1-20-8-6-14-15(17(20)4-5-19(20)23)3-2-12-11-18(22)13(7-9-21)10-16(12)14/h7,9,11,13-17,19,23H,2-6,8,10H2,1H3/t13?,14-,15+,16-,17-,19?,20-/m0/s1. The number of aliphatic hydroxyl groups excluding tert-OH is 1. The van der Waals surface area contributed by atoms with Crippen molar-refractivity contribution in [3.63, 3.8) is 0 Å². The molecule has 0 aromatic carbocycles. The van der Waals surface area contributed by atoms with Crippen LogP contribution in [0.5, 0.6) is 0 Å². The van der Waals surface area contributed by atoms with Gasteiger partial charge in [0.1, 0.15) is 0 Å². The van der Waals surface area contributed by atoms with Crippen LogP contribution in [0, 0.1) is 35.0 Å². The highest BCUT2D eigenvalue weighted by Gasteiger charge is 2.56. The predicted molar refractivity (Wildman–Crippen MR) is 92.0 cm³/mol. The molecule has 3 heteroatoms. The molecule has 0 aromatic rings. The second-order valence-electron chi connectivity index (χ2n) is 8.50. The summed E-state index contributed by atoms with van der Waals surface area (Å²) in [6, 6.07) is 0. The number of ketones is 1. The molecule has 4 aliphatic rings. The minimum atomic E-state index is -0.106. The van der Waals surface area contributed by atoms with Crippen molar-refractivity contribution in [2.75, 3.05) is 0 Å². The van der Waals surface area contributed by atoms with Gasteiger partial charge in [-0.3, -0.25) is 4.79 Å². The number of rotatable bonds is 1. The minimum Gasteiger partial charge on any atom is -0.393 e. The van der Waals surface area contributed by atoms with Gasteiger partial charge < -0.3 is 5.11 Å². The van der Waals surface area contributed by atoms with E-state index in [1.54, 1.807) is 0 Å². The molecule has 23 heavy (non-hydrogen) atoms. The molecule has 3 fully saturated rings. The number of hydrogen-bond acceptors (Lipinski definition) is 2. The summed E-state index contributed by atoms with van der Waals surface area (Å²) in [6.07, 6.45) is 11.5. The fourth-order valence-electron chi connectivity index (χ4n) is 6.44. The summed E-state index contributed by atoms with van der Waals surface area (Å²) in [5.41, 5.74) is 3.05. The minimum absolute atomic E-state index is 0.0255. The third kappa shape index (κ3) is 2.36. The highest BCUT2D eigenvalue weighted by molar-refractivity contribution is 6.25. The van der Waals surface area contributed by atoms with Crippen molar-refractivity contribution in [2.45, 2.75) is 58.0 Å². The number of hydrogen-bond donors (Lipinski definition) is 1. The van der Waals surface area contributed by atoms with E-state index in [0.29, 0.717) is 17.8 Å². The predicted octanol–water partition coefficient (Wildman–Crippen LogP) is 4.47. The molecular weight excluding hydrogens is 308 g/mol. The molecule has 4 rings (SSSR count). The van der Waals surface area contributed by atoms with Gasteiger partial charge in [0.05, 0.1) is 6.10 Å². The largest absolute Gasteiger partial charge is 0.393 e. The van der Waals surface area contributed by atoms with E-state index < -0.39 is 0 Å². The Morgan fingerprint density at radius 2 is 2.09 bits per heavy atom. The summed E-state index contributed by atoms with van der Waals surface area (Å²) in [5, 5.41) is 10.5. The van der Waals surface area contributed by atoms with Crippen molar-refractivity contribution >= 4 is 17.4 Å². The number of carbonyl (C=O) groups excluding carboxylic acids is 1. The maximum atomic E-state index is 12.3. The first-order chi connectivity index (χ1) is 11.0. The summed E-state index contributed by atoms with van der Waals surface area (Å²) < 4.78 is 0. The molecule has 7 atom stereocenters. The lowest BCUT2D eigenvalue weighted by Crippen LogP contribution is -2.48. The quantitative estimate of drug-likeness (QED) is 0.768. The van der Waals surface area contributed by atoms with Crippen molar-refractivity contribution < 1.29 is 9.90 Å². The molecule has 1 N–H and O–H groups in total. The summed E-state index contributed by atoms with van der Waals surface area (Å²) in [6.45, 7) is 2.32. The van der Waals surface area contributed by atoms with Crippen LogP contribution in [-0.4, -0.2) is 17.0 Å². The first kappa shape index (κ1) is 15.9. The van der Waals surface area contributed by atoms with E-state index in [9.17, 15) is 9.90 Å². The number of fused-ring (bicyclic) bond motifs is 5. The molecule has 0 amide bonds. The molecule has 0 aliphatic heterocycles. The highest BCUT2D eigenvalue weighted by atomic mass is 35.5. The molecule has 2 nitrogen and oxygen atoms in total. The topological polar surface area (TPSA) is 37.3 Å². The maximum absolute atomic E-state index is 12.3. The molecule has 0 spiro atoms. The molecule has 0 saturated heterocycles. The average molecular weight is 335 g/mol. The number of allylic oxidation sites excluding steroid dienone is 2. The fourth-order valence-corrected chi connectivity index (χ4v) is 6.62. The van der Waals surface area contributed by atoms with Crippen molar-refractivity contribution in [1.29, 1.82) is 0 Å². The highest BCUT2D eigenvalue weighted by Crippen LogP contribution is 2.61. The van der Waals surface area contributed by atoms with Gasteiger partial charge in [-0.15, -0.1) is 0 Å². The molecule has 2 unspecified atom stereocenters. The third-order valence-electron chi connectivity index (χ3n) is 7.71. The molecule has 0 heterocycles. The van der Waals surface area contributed by atoms with Crippen LogP contribution in [-0.2, 0) is 4.79 Å². The smallest absolute Gasteiger partial charge is 0.162 e. The average Bonchev–Trinajstić information content (AvgIpc) is 2.84. The Balaban J connectivity index is 1.62. The van der Waals surface area contributed by atoms with Crippen LogP contribution in [0.3, 0.4) is 0 Å². The van der Waals surface area contributed by atoms with Gasteiger partial charge in [0.15, 0.2) is 5.78 Å². The monoisotopic (exact) mass is 334 g/mol.